The molecular weight excluding hydrogens is 464 g/mol. The molecular formula is C34H35N2Si+. The van der Waals surface area contributed by atoms with E-state index in [1.54, 1.807) is 0 Å². The quantitative estimate of drug-likeness (QED) is 0.0933. The van der Waals surface area contributed by atoms with Gasteiger partial charge in [0.2, 0.25) is 5.52 Å². The molecule has 0 amide bonds. The number of pyridine rings is 2. The van der Waals surface area contributed by atoms with E-state index in [1.165, 1.54) is 76.1 Å². The summed E-state index contributed by atoms with van der Waals surface area (Å²) in [5.41, 5.74) is 8.16. The van der Waals surface area contributed by atoms with Crippen molar-refractivity contribution in [3.63, 3.8) is 0 Å². The van der Waals surface area contributed by atoms with E-state index in [-0.39, 0.29) is 5.41 Å². The summed E-state index contributed by atoms with van der Waals surface area (Å²) in [6.07, 6.45) is 2.24. The van der Waals surface area contributed by atoms with Crippen LogP contribution >= 0.6 is 0 Å². The molecule has 3 heteroatoms. The molecule has 3 heterocycles. The number of nitrogens with zero attached hydrogens (tertiary/aromatic N) is 2. The van der Waals surface area contributed by atoms with Gasteiger partial charge in [-0.1, -0.05) is 94.1 Å². The topological polar surface area (TPSA) is 8.29 Å². The number of aryl methyl sites for hydroxylation is 2. The van der Waals surface area contributed by atoms with Crippen LogP contribution in [-0.4, -0.2) is 12.5 Å². The van der Waals surface area contributed by atoms with Crippen LogP contribution in [0.25, 0.3) is 59.8 Å². The van der Waals surface area contributed by atoms with E-state index in [0.717, 1.165) is 0 Å². The highest BCUT2D eigenvalue weighted by Crippen LogP contribution is 2.46. The van der Waals surface area contributed by atoms with Gasteiger partial charge in [0.25, 0.3) is 0 Å². The van der Waals surface area contributed by atoms with Crippen molar-refractivity contribution in [3.8, 4) is 0 Å². The monoisotopic (exact) mass is 499 g/mol. The third kappa shape index (κ3) is 2.89. The minimum absolute atomic E-state index is 0.0304. The molecule has 0 atom stereocenters. The fourth-order valence-electron chi connectivity index (χ4n) is 6.82. The molecule has 0 radical (unpaired) electrons. The van der Waals surface area contributed by atoms with Gasteiger partial charge in [-0.2, -0.15) is 0 Å². The lowest BCUT2D eigenvalue weighted by Gasteiger charge is -2.26. The molecule has 0 spiro atoms. The summed E-state index contributed by atoms with van der Waals surface area (Å²) in [6, 6.07) is 23.3. The SMILES string of the molecule is Cc1c2ccccc2c(C(C)(C)C)c2c1c1c3c(ccc4c5cc([Si](C)(C)C)ccc5n2c43)cc[n+]1C. The van der Waals surface area contributed by atoms with E-state index in [2.05, 4.69) is 130 Å². The van der Waals surface area contributed by atoms with E-state index < -0.39 is 8.07 Å². The van der Waals surface area contributed by atoms with Gasteiger partial charge in [-0.3, -0.25) is 0 Å². The summed E-state index contributed by atoms with van der Waals surface area (Å²) in [6.45, 7) is 16.8. The molecule has 0 aliphatic rings. The number of fused-ring (bicyclic) bond motifs is 7. The second-order valence-electron chi connectivity index (χ2n) is 13.0. The lowest BCUT2D eigenvalue weighted by Crippen LogP contribution is -2.37. The zero-order chi connectivity index (χ0) is 26.0. The number of rotatable bonds is 1. The maximum Gasteiger partial charge on any atom is 0.224 e. The van der Waals surface area contributed by atoms with Crippen molar-refractivity contribution < 1.29 is 4.57 Å². The largest absolute Gasteiger partial charge is 0.307 e. The normalized spacial score (nSPS) is 13.4. The number of hydrogen-bond donors (Lipinski definition) is 0. The molecule has 4 aromatic carbocycles. The fourth-order valence-corrected chi connectivity index (χ4v) is 7.98. The second-order valence-corrected chi connectivity index (χ2v) is 18.1. The van der Waals surface area contributed by atoms with Gasteiger partial charge in [0.1, 0.15) is 7.05 Å². The highest BCUT2D eigenvalue weighted by atomic mass is 28.3. The molecule has 0 unspecified atom stereocenters. The Labute approximate surface area is 219 Å². The van der Waals surface area contributed by atoms with Gasteiger partial charge in [-0.05, 0) is 45.7 Å². The van der Waals surface area contributed by atoms with E-state index in [9.17, 15) is 0 Å². The lowest BCUT2D eigenvalue weighted by molar-refractivity contribution is -0.643. The van der Waals surface area contributed by atoms with Crippen LogP contribution in [0.3, 0.4) is 0 Å². The van der Waals surface area contributed by atoms with Gasteiger partial charge >= 0.3 is 0 Å². The summed E-state index contributed by atoms with van der Waals surface area (Å²) < 4.78 is 4.98. The summed E-state index contributed by atoms with van der Waals surface area (Å²) in [4.78, 5) is 0. The summed E-state index contributed by atoms with van der Waals surface area (Å²) in [7, 11) is 0.753. The molecule has 0 saturated heterocycles. The summed E-state index contributed by atoms with van der Waals surface area (Å²) in [5, 5.41) is 11.1. The Kier molecular flexibility index (Phi) is 4.37. The maximum absolute atomic E-state index is 2.63. The zero-order valence-electron chi connectivity index (χ0n) is 23.2. The van der Waals surface area contributed by atoms with Gasteiger partial charge in [-0.15, -0.1) is 0 Å². The van der Waals surface area contributed by atoms with Crippen LogP contribution in [0.4, 0.5) is 0 Å². The average molecular weight is 500 g/mol. The van der Waals surface area contributed by atoms with Crippen LogP contribution in [0.15, 0.2) is 66.9 Å². The zero-order valence-corrected chi connectivity index (χ0v) is 24.2. The summed E-state index contributed by atoms with van der Waals surface area (Å²) >= 11 is 0. The average Bonchev–Trinajstić information content (AvgIpc) is 3.17. The molecule has 0 fully saturated rings. The molecule has 37 heavy (non-hydrogen) atoms. The Bertz CT molecular complexity index is 2060. The smallest absolute Gasteiger partial charge is 0.224 e. The molecule has 0 saturated carbocycles. The Morgan fingerprint density at radius 2 is 1.49 bits per heavy atom. The second kappa shape index (κ2) is 7.11. The van der Waals surface area contributed by atoms with Crippen LogP contribution in [-0.2, 0) is 12.5 Å². The third-order valence-corrected chi connectivity index (χ3v) is 10.6. The molecule has 3 aromatic heterocycles. The van der Waals surface area contributed by atoms with E-state index in [0.29, 0.717) is 0 Å². The highest BCUT2D eigenvalue weighted by Gasteiger charge is 2.30. The Morgan fingerprint density at radius 1 is 0.757 bits per heavy atom. The van der Waals surface area contributed by atoms with Crippen molar-refractivity contribution in [1.82, 2.24) is 4.40 Å². The predicted octanol–water partition coefficient (Wildman–Crippen LogP) is 8.12. The van der Waals surface area contributed by atoms with Crippen molar-refractivity contribution in [2.45, 2.75) is 52.8 Å². The standard InChI is InChI=1S/C34H35N2Si/c1-20-23-11-9-10-12-24(23)30(34(2,3)4)33-28(20)32-29-21(17-18-35(32)5)13-15-25-26-19-22(37(6,7)8)14-16-27(26)36(33)31(25)29/h9-19H,1-8H3/q+1. The van der Waals surface area contributed by atoms with E-state index in [1.807, 2.05) is 0 Å². The van der Waals surface area contributed by atoms with Crippen LogP contribution < -0.4 is 9.75 Å². The molecule has 0 aliphatic carbocycles. The van der Waals surface area contributed by atoms with Gasteiger partial charge in [-0.25, -0.2) is 4.57 Å². The lowest BCUT2D eigenvalue weighted by atomic mass is 9.80. The molecule has 7 aromatic rings. The number of hydrogen-bond acceptors (Lipinski definition) is 0. The Morgan fingerprint density at radius 3 is 2.19 bits per heavy atom. The van der Waals surface area contributed by atoms with Crippen LogP contribution in [0.2, 0.25) is 19.6 Å². The van der Waals surface area contributed by atoms with Crippen molar-refractivity contribution in [2.75, 3.05) is 0 Å². The molecule has 7 rings (SSSR count). The molecule has 0 bridgehead atoms. The minimum atomic E-state index is -1.46. The Balaban J connectivity index is 1.93. The van der Waals surface area contributed by atoms with Crippen molar-refractivity contribution in [3.05, 3.63) is 78.0 Å². The number of aromatic nitrogens is 2. The van der Waals surface area contributed by atoms with Crippen LogP contribution in [0, 0.1) is 6.92 Å². The maximum atomic E-state index is 2.63. The third-order valence-electron chi connectivity index (χ3n) is 8.55. The molecule has 2 nitrogen and oxygen atoms in total. The minimum Gasteiger partial charge on any atom is -0.307 e. The summed E-state index contributed by atoms with van der Waals surface area (Å²) in [5.74, 6) is 0. The van der Waals surface area contributed by atoms with E-state index >= 15 is 0 Å². The first-order chi connectivity index (χ1) is 17.5. The van der Waals surface area contributed by atoms with Gasteiger partial charge in [0.05, 0.1) is 35.4 Å². The van der Waals surface area contributed by atoms with Crippen LogP contribution in [0.1, 0.15) is 31.9 Å². The molecule has 0 aliphatic heterocycles. The number of benzene rings is 4. The van der Waals surface area contributed by atoms with Gasteiger partial charge < -0.3 is 4.40 Å². The van der Waals surface area contributed by atoms with Crippen molar-refractivity contribution in [1.29, 1.82) is 0 Å². The van der Waals surface area contributed by atoms with Crippen molar-refractivity contribution in [2.24, 2.45) is 7.05 Å². The first-order valence-corrected chi connectivity index (χ1v) is 16.9. The van der Waals surface area contributed by atoms with Gasteiger partial charge in [0.15, 0.2) is 6.20 Å². The van der Waals surface area contributed by atoms with Gasteiger partial charge in [0, 0.05) is 16.8 Å². The van der Waals surface area contributed by atoms with Crippen molar-refractivity contribution >= 4 is 73.0 Å². The first kappa shape index (κ1) is 22.7. The van der Waals surface area contributed by atoms with Crippen LogP contribution in [0.5, 0.6) is 0 Å². The molecule has 0 N–H and O–H groups in total. The fraction of sp³-hybridized carbons (Fsp3) is 0.265. The Hall–Kier alpha value is -3.43. The highest BCUT2D eigenvalue weighted by molar-refractivity contribution is 6.88. The predicted molar refractivity (Wildman–Crippen MR) is 164 cm³/mol. The molecule has 184 valence electrons. The first-order valence-electron chi connectivity index (χ1n) is 13.4. The van der Waals surface area contributed by atoms with E-state index in [4.69, 9.17) is 0 Å².